The number of nitrogens with one attached hydrogen (secondary N) is 1. The van der Waals surface area contributed by atoms with Crippen molar-refractivity contribution in [2.75, 3.05) is 0 Å². The van der Waals surface area contributed by atoms with Crippen molar-refractivity contribution in [1.29, 1.82) is 0 Å². The number of hydrogen-bond acceptors (Lipinski definition) is 3. The summed E-state index contributed by atoms with van der Waals surface area (Å²) in [6.45, 7) is 4.12. The number of nitrogens with two attached hydrogens (primary N) is 1. The first-order valence-electron chi connectivity index (χ1n) is 7.32. The van der Waals surface area contributed by atoms with Gasteiger partial charge in [-0.15, -0.1) is 0 Å². The van der Waals surface area contributed by atoms with E-state index in [-0.39, 0.29) is 6.17 Å². The minimum absolute atomic E-state index is 0.0991. The van der Waals surface area contributed by atoms with E-state index in [4.69, 9.17) is 5.73 Å². The molecule has 0 fully saturated rings. The average Bonchev–Trinajstić information content (AvgIpc) is 2.81. The lowest BCUT2D eigenvalue weighted by molar-refractivity contribution is 0.208. The van der Waals surface area contributed by atoms with Crippen molar-refractivity contribution in [3.05, 3.63) is 24.6 Å². The van der Waals surface area contributed by atoms with Crippen LogP contribution < -0.4 is 11.1 Å². The highest BCUT2D eigenvalue weighted by Crippen LogP contribution is 2.15. The predicted octanol–water partition coefficient (Wildman–Crippen LogP) is 3.30. The largest absolute Gasteiger partial charge is 0.370 e. The Labute approximate surface area is 112 Å². The molecule has 1 rings (SSSR count). The first-order chi connectivity index (χ1) is 8.75. The van der Waals surface area contributed by atoms with Crippen LogP contribution in [-0.2, 0) is 0 Å². The summed E-state index contributed by atoms with van der Waals surface area (Å²) in [5.74, 6) is 0. The Morgan fingerprint density at radius 2 is 2.00 bits per heavy atom. The van der Waals surface area contributed by atoms with E-state index in [1.54, 1.807) is 0 Å². The van der Waals surface area contributed by atoms with Crippen molar-refractivity contribution in [2.24, 2.45) is 5.73 Å². The van der Waals surface area contributed by atoms with Gasteiger partial charge in [0.15, 0.2) is 0 Å². The standard InChI is InChI=1S/C15H29N3/c1-3-4-5-6-7-8-9-10-11-15-17-12-13-18(15)14(2)16/h3-4,12-15,17H,5-11,16H2,1-2H3/b4-3+. The van der Waals surface area contributed by atoms with E-state index in [9.17, 15) is 0 Å². The summed E-state index contributed by atoms with van der Waals surface area (Å²) < 4.78 is 0. The van der Waals surface area contributed by atoms with Crippen LogP contribution >= 0.6 is 0 Å². The van der Waals surface area contributed by atoms with Gasteiger partial charge in [0.2, 0.25) is 0 Å². The highest BCUT2D eigenvalue weighted by molar-refractivity contribution is 4.95. The van der Waals surface area contributed by atoms with E-state index < -0.39 is 0 Å². The summed E-state index contributed by atoms with van der Waals surface area (Å²) in [7, 11) is 0. The fraction of sp³-hybridized carbons (Fsp3) is 0.733. The monoisotopic (exact) mass is 251 g/mol. The normalized spacial score (nSPS) is 20.6. The molecule has 0 saturated carbocycles. The van der Waals surface area contributed by atoms with Gasteiger partial charge in [0.05, 0.1) is 12.3 Å². The van der Waals surface area contributed by atoms with Crippen LogP contribution in [0.3, 0.4) is 0 Å². The molecular weight excluding hydrogens is 222 g/mol. The molecule has 0 aromatic heterocycles. The third kappa shape index (κ3) is 5.58. The van der Waals surface area contributed by atoms with E-state index in [1.165, 1.54) is 44.9 Å². The van der Waals surface area contributed by atoms with Crippen LogP contribution in [0.2, 0.25) is 0 Å². The lowest BCUT2D eigenvalue weighted by Gasteiger charge is -2.28. The Morgan fingerprint density at radius 3 is 2.72 bits per heavy atom. The van der Waals surface area contributed by atoms with E-state index in [1.807, 2.05) is 13.1 Å². The molecule has 3 N–H and O–H groups in total. The topological polar surface area (TPSA) is 41.3 Å². The van der Waals surface area contributed by atoms with Crippen LogP contribution in [0.25, 0.3) is 0 Å². The zero-order chi connectivity index (χ0) is 13.2. The lowest BCUT2D eigenvalue weighted by atomic mass is 10.1. The SMILES string of the molecule is C/C=C/CCCCCCCC1NC=CN1C(C)N. The summed E-state index contributed by atoms with van der Waals surface area (Å²) in [4.78, 5) is 2.20. The summed E-state index contributed by atoms with van der Waals surface area (Å²) in [5, 5.41) is 3.36. The molecule has 0 aromatic rings. The maximum absolute atomic E-state index is 5.91. The molecule has 2 unspecified atom stereocenters. The molecule has 0 spiro atoms. The highest BCUT2D eigenvalue weighted by Gasteiger charge is 2.20. The third-order valence-electron chi connectivity index (χ3n) is 3.45. The Balaban J connectivity index is 1.98. The molecule has 0 aliphatic carbocycles. The van der Waals surface area contributed by atoms with Gasteiger partial charge in [0.25, 0.3) is 0 Å². The zero-order valence-electron chi connectivity index (χ0n) is 11.9. The molecule has 1 aliphatic rings. The highest BCUT2D eigenvalue weighted by atomic mass is 15.3. The van der Waals surface area contributed by atoms with Crippen LogP contribution in [0.15, 0.2) is 24.6 Å². The molecule has 0 bridgehead atoms. The number of unbranched alkanes of at least 4 members (excludes halogenated alkanes) is 5. The molecule has 0 saturated heterocycles. The van der Waals surface area contributed by atoms with E-state index in [0.29, 0.717) is 6.17 Å². The molecule has 3 heteroatoms. The maximum Gasteiger partial charge on any atom is 0.0995 e. The summed E-state index contributed by atoms with van der Waals surface area (Å²) >= 11 is 0. The number of hydrogen-bond donors (Lipinski definition) is 2. The van der Waals surface area contributed by atoms with Gasteiger partial charge in [0.1, 0.15) is 0 Å². The first kappa shape index (κ1) is 15.1. The van der Waals surface area contributed by atoms with Crippen molar-refractivity contribution < 1.29 is 0 Å². The fourth-order valence-corrected chi connectivity index (χ4v) is 2.38. The van der Waals surface area contributed by atoms with Gasteiger partial charge in [-0.25, -0.2) is 0 Å². The molecule has 18 heavy (non-hydrogen) atoms. The molecule has 3 nitrogen and oxygen atoms in total. The van der Waals surface area contributed by atoms with Crippen LogP contribution in [0.5, 0.6) is 0 Å². The summed E-state index contributed by atoms with van der Waals surface area (Å²) in [6.07, 6.45) is 18.1. The third-order valence-corrected chi connectivity index (χ3v) is 3.45. The fourth-order valence-electron chi connectivity index (χ4n) is 2.38. The summed E-state index contributed by atoms with van der Waals surface area (Å²) in [6, 6.07) is 0. The Kier molecular flexibility index (Phi) is 7.58. The molecule has 0 amide bonds. The molecular formula is C15H29N3. The number of nitrogens with zero attached hydrogens (tertiary/aromatic N) is 1. The van der Waals surface area contributed by atoms with Crippen molar-refractivity contribution in [2.45, 2.75) is 71.1 Å². The Morgan fingerprint density at radius 1 is 1.28 bits per heavy atom. The van der Waals surface area contributed by atoms with Gasteiger partial charge in [-0.3, -0.25) is 0 Å². The van der Waals surface area contributed by atoms with Gasteiger partial charge in [-0.2, -0.15) is 0 Å². The van der Waals surface area contributed by atoms with E-state index in [0.717, 1.165) is 0 Å². The van der Waals surface area contributed by atoms with Gasteiger partial charge >= 0.3 is 0 Å². The van der Waals surface area contributed by atoms with Gasteiger partial charge in [-0.05, 0) is 39.5 Å². The Bertz CT molecular complexity index is 258. The van der Waals surface area contributed by atoms with Crippen LogP contribution in [0, 0.1) is 0 Å². The van der Waals surface area contributed by atoms with Crippen molar-refractivity contribution in [3.8, 4) is 0 Å². The molecule has 2 atom stereocenters. The molecule has 104 valence electrons. The van der Waals surface area contributed by atoms with E-state index >= 15 is 0 Å². The predicted molar refractivity (Wildman–Crippen MR) is 78.7 cm³/mol. The zero-order valence-corrected chi connectivity index (χ0v) is 11.9. The molecule has 1 heterocycles. The minimum atomic E-state index is 0.0991. The van der Waals surface area contributed by atoms with Crippen LogP contribution in [0.4, 0.5) is 0 Å². The number of allylic oxidation sites excluding steroid dienone is 2. The Hall–Kier alpha value is -0.960. The average molecular weight is 251 g/mol. The first-order valence-corrected chi connectivity index (χ1v) is 7.32. The van der Waals surface area contributed by atoms with E-state index in [2.05, 4.69) is 35.5 Å². The summed E-state index contributed by atoms with van der Waals surface area (Å²) in [5.41, 5.74) is 5.91. The molecule has 0 radical (unpaired) electrons. The van der Waals surface area contributed by atoms with Crippen molar-refractivity contribution in [1.82, 2.24) is 10.2 Å². The second-order valence-electron chi connectivity index (χ2n) is 5.10. The maximum atomic E-state index is 5.91. The molecule has 0 aromatic carbocycles. The van der Waals surface area contributed by atoms with Crippen molar-refractivity contribution in [3.63, 3.8) is 0 Å². The second kappa shape index (κ2) is 9.03. The lowest BCUT2D eigenvalue weighted by Crippen LogP contribution is -2.44. The quantitative estimate of drug-likeness (QED) is 0.488. The second-order valence-corrected chi connectivity index (χ2v) is 5.10. The van der Waals surface area contributed by atoms with Crippen LogP contribution in [0.1, 0.15) is 58.8 Å². The van der Waals surface area contributed by atoms with Crippen molar-refractivity contribution >= 4 is 0 Å². The minimum Gasteiger partial charge on any atom is -0.370 e. The van der Waals surface area contributed by atoms with Gasteiger partial charge < -0.3 is 16.0 Å². The number of rotatable bonds is 9. The van der Waals surface area contributed by atoms with Gasteiger partial charge in [0, 0.05) is 12.4 Å². The van der Waals surface area contributed by atoms with Gasteiger partial charge in [-0.1, -0.05) is 31.4 Å². The van der Waals surface area contributed by atoms with Crippen LogP contribution in [-0.4, -0.2) is 17.2 Å². The smallest absolute Gasteiger partial charge is 0.0995 e. The molecule has 1 aliphatic heterocycles.